The maximum absolute atomic E-state index is 12.1. The van der Waals surface area contributed by atoms with E-state index in [2.05, 4.69) is 19.2 Å². The van der Waals surface area contributed by atoms with Gasteiger partial charge in [0, 0.05) is 17.7 Å². The molecule has 1 amide bonds. The third-order valence-corrected chi connectivity index (χ3v) is 4.27. The van der Waals surface area contributed by atoms with Crippen molar-refractivity contribution < 1.29 is 9.90 Å². The summed E-state index contributed by atoms with van der Waals surface area (Å²) in [6.45, 7) is 6.91. The predicted molar refractivity (Wildman–Crippen MR) is 71.7 cm³/mol. The molecule has 1 saturated carbocycles. The average molecular weight is 247 g/mol. The molecule has 3 nitrogen and oxygen atoms in total. The lowest BCUT2D eigenvalue weighted by atomic mass is 9.92. The minimum Gasteiger partial charge on any atom is -0.508 e. The number of amides is 1. The van der Waals surface area contributed by atoms with Crippen molar-refractivity contribution in [2.75, 3.05) is 6.54 Å². The number of hydrogen-bond acceptors (Lipinski definition) is 2. The number of carbonyl (C=O) groups excluding carboxylic acids is 1. The Morgan fingerprint density at radius 2 is 2.11 bits per heavy atom. The quantitative estimate of drug-likeness (QED) is 0.859. The van der Waals surface area contributed by atoms with Crippen molar-refractivity contribution in [2.24, 2.45) is 11.3 Å². The van der Waals surface area contributed by atoms with E-state index in [1.165, 1.54) is 12.8 Å². The van der Waals surface area contributed by atoms with E-state index in [0.717, 1.165) is 6.54 Å². The number of phenols is 1. The number of aromatic hydroxyl groups is 1. The molecule has 1 aliphatic rings. The van der Waals surface area contributed by atoms with Gasteiger partial charge >= 0.3 is 0 Å². The maximum Gasteiger partial charge on any atom is 0.251 e. The zero-order valence-corrected chi connectivity index (χ0v) is 11.3. The number of benzene rings is 1. The summed E-state index contributed by atoms with van der Waals surface area (Å²) in [7, 11) is 0. The zero-order chi connectivity index (χ0) is 13.3. The molecule has 3 heteroatoms. The first-order chi connectivity index (χ1) is 8.46. The van der Waals surface area contributed by atoms with Gasteiger partial charge in [-0.2, -0.15) is 0 Å². The molecule has 0 saturated heterocycles. The topological polar surface area (TPSA) is 49.3 Å². The minimum absolute atomic E-state index is 0.0877. The van der Waals surface area contributed by atoms with Crippen molar-refractivity contribution in [3.8, 4) is 5.75 Å². The van der Waals surface area contributed by atoms with Crippen LogP contribution >= 0.6 is 0 Å². The molecule has 0 atom stereocenters. The van der Waals surface area contributed by atoms with Crippen LogP contribution < -0.4 is 5.32 Å². The van der Waals surface area contributed by atoms with Crippen LogP contribution in [0, 0.1) is 18.3 Å². The first-order valence-corrected chi connectivity index (χ1v) is 6.53. The number of carbonyl (C=O) groups is 1. The molecule has 1 fully saturated rings. The first-order valence-electron chi connectivity index (χ1n) is 6.53. The van der Waals surface area contributed by atoms with Gasteiger partial charge in [-0.1, -0.05) is 19.9 Å². The van der Waals surface area contributed by atoms with E-state index < -0.39 is 0 Å². The van der Waals surface area contributed by atoms with Crippen LogP contribution in [0.5, 0.6) is 5.75 Å². The summed E-state index contributed by atoms with van der Waals surface area (Å²) >= 11 is 0. The minimum atomic E-state index is -0.0877. The highest BCUT2D eigenvalue weighted by atomic mass is 16.3. The third-order valence-electron chi connectivity index (χ3n) is 4.27. The largest absolute Gasteiger partial charge is 0.508 e. The Labute approximate surface area is 108 Å². The van der Waals surface area contributed by atoms with Gasteiger partial charge in [0.05, 0.1) is 0 Å². The van der Waals surface area contributed by atoms with Gasteiger partial charge in [-0.25, -0.2) is 0 Å². The molecule has 0 spiro atoms. The predicted octanol–water partition coefficient (Wildman–Crippen LogP) is 2.87. The Morgan fingerprint density at radius 3 is 2.67 bits per heavy atom. The Morgan fingerprint density at radius 1 is 1.44 bits per heavy atom. The fraction of sp³-hybridized carbons (Fsp3) is 0.533. The van der Waals surface area contributed by atoms with E-state index in [1.54, 1.807) is 25.1 Å². The molecule has 0 heterocycles. The van der Waals surface area contributed by atoms with Gasteiger partial charge in [-0.3, -0.25) is 4.79 Å². The molecule has 1 aliphatic carbocycles. The van der Waals surface area contributed by atoms with Gasteiger partial charge in [0.25, 0.3) is 5.91 Å². The number of phenolic OH excluding ortho intramolecular Hbond substituents is 1. The Hall–Kier alpha value is -1.51. The zero-order valence-electron chi connectivity index (χ0n) is 11.3. The molecular weight excluding hydrogens is 226 g/mol. The van der Waals surface area contributed by atoms with E-state index in [9.17, 15) is 9.90 Å². The van der Waals surface area contributed by atoms with E-state index in [4.69, 9.17) is 0 Å². The number of rotatable bonds is 4. The first kappa shape index (κ1) is 12.9. The van der Waals surface area contributed by atoms with Crippen molar-refractivity contribution in [2.45, 2.75) is 33.6 Å². The van der Waals surface area contributed by atoms with Crippen LogP contribution in [0.15, 0.2) is 18.2 Å². The van der Waals surface area contributed by atoms with Crippen molar-refractivity contribution in [3.63, 3.8) is 0 Å². The van der Waals surface area contributed by atoms with Crippen molar-refractivity contribution >= 4 is 5.91 Å². The van der Waals surface area contributed by atoms with Gasteiger partial charge in [0.1, 0.15) is 5.75 Å². The number of hydrogen-bond donors (Lipinski definition) is 2. The fourth-order valence-electron chi connectivity index (χ4n) is 2.34. The summed E-state index contributed by atoms with van der Waals surface area (Å²) in [5.74, 6) is 0.686. The maximum atomic E-state index is 12.1. The van der Waals surface area contributed by atoms with Crippen LogP contribution in [0.1, 0.15) is 42.6 Å². The van der Waals surface area contributed by atoms with Crippen LogP contribution in [0.4, 0.5) is 0 Å². The third kappa shape index (κ3) is 2.35. The van der Waals surface area contributed by atoms with E-state index in [-0.39, 0.29) is 11.7 Å². The summed E-state index contributed by atoms with van der Waals surface area (Å²) in [4.78, 5) is 12.1. The van der Waals surface area contributed by atoms with Gasteiger partial charge in [0.2, 0.25) is 0 Å². The second-order valence-electron chi connectivity index (χ2n) is 5.65. The molecule has 0 aliphatic heterocycles. The van der Waals surface area contributed by atoms with Gasteiger partial charge in [-0.05, 0) is 43.2 Å². The summed E-state index contributed by atoms with van der Waals surface area (Å²) in [6, 6.07) is 5.05. The molecular formula is C15H21NO2. The van der Waals surface area contributed by atoms with Crippen molar-refractivity contribution in [1.82, 2.24) is 5.32 Å². The molecule has 1 aromatic carbocycles. The lowest BCUT2D eigenvalue weighted by Crippen LogP contribution is -2.32. The van der Waals surface area contributed by atoms with E-state index in [0.29, 0.717) is 22.5 Å². The number of nitrogens with one attached hydrogen (secondary N) is 1. The Bertz CT molecular complexity index is 462. The molecule has 0 bridgehead atoms. The van der Waals surface area contributed by atoms with Crippen LogP contribution in [0.3, 0.4) is 0 Å². The summed E-state index contributed by atoms with van der Waals surface area (Å²) in [5, 5.41) is 12.6. The summed E-state index contributed by atoms with van der Waals surface area (Å²) in [5.41, 5.74) is 1.51. The van der Waals surface area contributed by atoms with Crippen LogP contribution in [0.2, 0.25) is 0 Å². The van der Waals surface area contributed by atoms with E-state index in [1.807, 2.05) is 0 Å². The highest BCUT2D eigenvalue weighted by Gasteiger charge is 2.45. The molecule has 0 radical (unpaired) electrons. The van der Waals surface area contributed by atoms with Gasteiger partial charge in [-0.15, -0.1) is 0 Å². The second kappa shape index (κ2) is 4.63. The van der Waals surface area contributed by atoms with Crippen LogP contribution in [-0.4, -0.2) is 17.6 Å². The molecule has 18 heavy (non-hydrogen) atoms. The summed E-state index contributed by atoms with van der Waals surface area (Å²) in [6.07, 6.45) is 2.40. The molecule has 98 valence electrons. The lowest BCUT2D eigenvalue weighted by molar-refractivity contribution is 0.0938. The molecule has 2 rings (SSSR count). The molecule has 1 aromatic rings. The van der Waals surface area contributed by atoms with Crippen LogP contribution in [-0.2, 0) is 0 Å². The average Bonchev–Trinajstić information content (AvgIpc) is 3.11. The van der Waals surface area contributed by atoms with E-state index >= 15 is 0 Å². The normalized spacial score (nSPS) is 16.7. The molecule has 0 aromatic heterocycles. The SMILES string of the molecule is Cc1c(O)cccc1C(=O)NCC1(C(C)C)CC1. The van der Waals surface area contributed by atoms with Crippen LogP contribution in [0.25, 0.3) is 0 Å². The standard InChI is InChI=1S/C15H21NO2/c1-10(2)15(7-8-15)9-16-14(18)12-5-4-6-13(17)11(12)3/h4-6,10,17H,7-9H2,1-3H3,(H,16,18). The molecule has 0 unspecified atom stereocenters. The van der Waals surface area contributed by atoms with Crippen molar-refractivity contribution in [3.05, 3.63) is 29.3 Å². The van der Waals surface area contributed by atoms with Gasteiger partial charge < -0.3 is 10.4 Å². The smallest absolute Gasteiger partial charge is 0.251 e. The highest BCUT2D eigenvalue weighted by molar-refractivity contribution is 5.96. The summed E-state index contributed by atoms with van der Waals surface area (Å²) < 4.78 is 0. The molecule has 2 N–H and O–H groups in total. The Balaban J connectivity index is 2.03. The monoisotopic (exact) mass is 247 g/mol. The lowest BCUT2D eigenvalue weighted by Gasteiger charge is -2.20. The van der Waals surface area contributed by atoms with Gasteiger partial charge in [0.15, 0.2) is 0 Å². The Kier molecular flexibility index (Phi) is 3.33. The second-order valence-corrected chi connectivity index (χ2v) is 5.65. The fourth-order valence-corrected chi connectivity index (χ4v) is 2.34. The highest BCUT2D eigenvalue weighted by Crippen LogP contribution is 2.51. The van der Waals surface area contributed by atoms with Crippen molar-refractivity contribution in [1.29, 1.82) is 0 Å².